The van der Waals surface area contributed by atoms with Gasteiger partial charge in [0.25, 0.3) is 0 Å². The van der Waals surface area contributed by atoms with Crippen molar-refractivity contribution in [2.24, 2.45) is 10.7 Å². The van der Waals surface area contributed by atoms with Gasteiger partial charge in [-0.1, -0.05) is 23.7 Å². The van der Waals surface area contributed by atoms with E-state index in [4.69, 9.17) is 17.3 Å². The highest BCUT2D eigenvalue weighted by molar-refractivity contribution is 7.99. The maximum atomic E-state index is 14.8. The average molecular weight is 328 g/mol. The predicted octanol–water partition coefficient (Wildman–Crippen LogP) is 3.03. The summed E-state index contributed by atoms with van der Waals surface area (Å²) in [7, 11) is 0. The van der Waals surface area contributed by atoms with Crippen LogP contribution in [-0.4, -0.2) is 41.5 Å². The third-order valence-electron chi connectivity index (χ3n) is 4.11. The van der Waals surface area contributed by atoms with E-state index < -0.39 is 5.67 Å². The van der Waals surface area contributed by atoms with Gasteiger partial charge < -0.3 is 10.6 Å². The topological polar surface area (TPSA) is 41.6 Å². The second kappa shape index (κ2) is 6.05. The number of alkyl halides is 1. The van der Waals surface area contributed by atoms with Gasteiger partial charge in [0.15, 0.2) is 5.96 Å². The molecule has 1 aliphatic heterocycles. The number of nitrogens with two attached hydrogens (primary N) is 1. The molecular weight excluding hydrogens is 309 g/mol. The lowest BCUT2D eigenvalue weighted by Gasteiger charge is -2.40. The van der Waals surface area contributed by atoms with Crippen LogP contribution in [0.5, 0.6) is 0 Å². The second-order valence-corrected chi connectivity index (χ2v) is 7.29. The number of rotatable bonds is 2. The van der Waals surface area contributed by atoms with E-state index in [9.17, 15) is 4.39 Å². The first-order valence-electron chi connectivity index (χ1n) is 7.18. The Morgan fingerprint density at radius 2 is 2.10 bits per heavy atom. The molecule has 2 fully saturated rings. The minimum Gasteiger partial charge on any atom is -0.370 e. The molecule has 1 saturated heterocycles. The Labute approximate surface area is 133 Å². The SMILES string of the molecule is NC(=NC1CC(F)(c2cccc(Cl)c2)C1)N1CCSCC1. The Morgan fingerprint density at radius 1 is 1.38 bits per heavy atom. The van der Waals surface area contributed by atoms with E-state index >= 15 is 0 Å². The van der Waals surface area contributed by atoms with Crippen LogP contribution in [-0.2, 0) is 5.67 Å². The molecule has 1 heterocycles. The van der Waals surface area contributed by atoms with Crippen LogP contribution < -0.4 is 5.73 Å². The van der Waals surface area contributed by atoms with Crippen LogP contribution in [0, 0.1) is 0 Å². The van der Waals surface area contributed by atoms with Crippen LogP contribution in [0.25, 0.3) is 0 Å². The second-order valence-electron chi connectivity index (χ2n) is 5.62. The number of hydrogen-bond acceptors (Lipinski definition) is 2. The third-order valence-corrected chi connectivity index (χ3v) is 5.29. The smallest absolute Gasteiger partial charge is 0.191 e. The highest BCUT2D eigenvalue weighted by Crippen LogP contribution is 2.47. The summed E-state index contributed by atoms with van der Waals surface area (Å²) >= 11 is 7.86. The summed E-state index contributed by atoms with van der Waals surface area (Å²) in [6.07, 6.45) is 0.771. The first-order valence-corrected chi connectivity index (χ1v) is 8.71. The molecule has 1 aromatic rings. The van der Waals surface area contributed by atoms with Crippen molar-refractivity contribution in [2.75, 3.05) is 24.6 Å². The number of nitrogens with zero attached hydrogens (tertiary/aromatic N) is 2. The molecule has 114 valence electrons. The van der Waals surface area contributed by atoms with Crippen LogP contribution in [0.2, 0.25) is 5.02 Å². The molecule has 1 saturated carbocycles. The van der Waals surface area contributed by atoms with E-state index in [1.165, 1.54) is 0 Å². The first kappa shape index (κ1) is 15.0. The van der Waals surface area contributed by atoms with Crippen LogP contribution in [0.1, 0.15) is 18.4 Å². The number of benzene rings is 1. The van der Waals surface area contributed by atoms with Crippen molar-refractivity contribution in [1.29, 1.82) is 0 Å². The fourth-order valence-electron chi connectivity index (χ4n) is 2.84. The predicted molar refractivity (Wildman–Crippen MR) is 87.8 cm³/mol. The zero-order chi connectivity index (χ0) is 14.9. The van der Waals surface area contributed by atoms with E-state index in [1.54, 1.807) is 24.3 Å². The summed E-state index contributed by atoms with van der Waals surface area (Å²) in [5.74, 6) is 2.72. The van der Waals surface area contributed by atoms with Gasteiger partial charge in [-0.25, -0.2) is 9.38 Å². The summed E-state index contributed by atoms with van der Waals surface area (Å²) < 4.78 is 14.8. The number of aliphatic imine (C=N–C) groups is 1. The summed E-state index contributed by atoms with van der Waals surface area (Å²) in [4.78, 5) is 6.58. The van der Waals surface area contributed by atoms with Crippen molar-refractivity contribution >= 4 is 29.3 Å². The Morgan fingerprint density at radius 3 is 2.76 bits per heavy atom. The fraction of sp³-hybridized carbons (Fsp3) is 0.533. The Hall–Kier alpha value is -0.940. The van der Waals surface area contributed by atoms with Gasteiger partial charge >= 0.3 is 0 Å². The lowest BCUT2D eigenvalue weighted by molar-refractivity contribution is 0.0410. The summed E-state index contributed by atoms with van der Waals surface area (Å²) in [5, 5.41) is 0.571. The molecule has 1 aliphatic carbocycles. The molecule has 3 nitrogen and oxygen atoms in total. The molecule has 21 heavy (non-hydrogen) atoms. The minimum atomic E-state index is -1.31. The number of halogens is 2. The van der Waals surface area contributed by atoms with Crippen LogP contribution in [0.4, 0.5) is 4.39 Å². The Kier molecular flexibility index (Phi) is 4.31. The number of thioether (sulfide) groups is 1. The third kappa shape index (κ3) is 3.29. The summed E-state index contributed by atoms with van der Waals surface area (Å²) in [6.45, 7) is 1.86. The molecule has 0 unspecified atom stereocenters. The van der Waals surface area contributed by atoms with E-state index in [2.05, 4.69) is 9.89 Å². The molecule has 1 aromatic carbocycles. The largest absolute Gasteiger partial charge is 0.370 e. The van der Waals surface area contributed by atoms with Crippen molar-refractivity contribution < 1.29 is 4.39 Å². The average Bonchev–Trinajstić information content (AvgIpc) is 2.46. The molecule has 3 rings (SSSR count). The van der Waals surface area contributed by atoms with Crippen molar-refractivity contribution in [1.82, 2.24) is 4.90 Å². The van der Waals surface area contributed by atoms with Gasteiger partial charge in [0, 0.05) is 42.5 Å². The number of guanidine groups is 1. The monoisotopic (exact) mass is 327 g/mol. The standard InChI is InChI=1S/C15H19ClFN3S/c16-12-3-1-2-11(8-12)15(17)9-13(10-15)19-14(18)20-4-6-21-7-5-20/h1-3,8,13H,4-7,9-10H2,(H2,18,19). The Balaban J connectivity index is 1.62. The quantitative estimate of drug-likeness (QED) is 0.670. The summed E-state index contributed by atoms with van der Waals surface area (Å²) in [5.41, 5.74) is 5.37. The van der Waals surface area contributed by atoms with E-state index in [1.807, 2.05) is 11.8 Å². The summed E-state index contributed by atoms with van der Waals surface area (Å²) in [6, 6.07) is 7.01. The van der Waals surface area contributed by atoms with Gasteiger partial charge in [-0.2, -0.15) is 11.8 Å². The molecule has 6 heteroatoms. The number of hydrogen-bond donors (Lipinski definition) is 1. The zero-order valence-electron chi connectivity index (χ0n) is 11.8. The highest BCUT2D eigenvalue weighted by atomic mass is 35.5. The molecule has 0 spiro atoms. The van der Waals surface area contributed by atoms with Gasteiger partial charge in [0.2, 0.25) is 0 Å². The van der Waals surface area contributed by atoms with Crippen LogP contribution in [0.3, 0.4) is 0 Å². The lowest BCUT2D eigenvalue weighted by atomic mass is 9.73. The van der Waals surface area contributed by atoms with Crippen LogP contribution in [0.15, 0.2) is 29.3 Å². The molecule has 2 aliphatic rings. The highest BCUT2D eigenvalue weighted by Gasteiger charge is 2.46. The first-order chi connectivity index (χ1) is 10.1. The zero-order valence-corrected chi connectivity index (χ0v) is 13.3. The minimum absolute atomic E-state index is 0.0245. The fourth-order valence-corrected chi connectivity index (χ4v) is 3.94. The van der Waals surface area contributed by atoms with E-state index in [-0.39, 0.29) is 6.04 Å². The van der Waals surface area contributed by atoms with Gasteiger partial charge in [-0.05, 0) is 17.7 Å². The molecule has 0 radical (unpaired) electrons. The molecule has 0 aromatic heterocycles. The van der Waals surface area contributed by atoms with E-state index in [0.717, 1.165) is 24.6 Å². The normalized spacial score (nSPS) is 30.1. The van der Waals surface area contributed by atoms with Crippen LogP contribution >= 0.6 is 23.4 Å². The molecule has 2 N–H and O–H groups in total. The van der Waals surface area contributed by atoms with E-state index in [0.29, 0.717) is 29.4 Å². The molecule has 0 bridgehead atoms. The van der Waals surface area contributed by atoms with Gasteiger partial charge in [-0.3, -0.25) is 0 Å². The maximum Gasteiger partial charge on any atom is 0.191 e. The maximum absolute atomic E-state index is 14.8. The van der Waals surface area contributed by atoms with Crippen molar-refractivity contribution in [3.63, 3.8) is 0 Å². The Bertz CT molecular complexity index is 539. The van der Waals surface area contributed by atoms with Gasteiger partial charge in [0.1, 0.15) is 5.67 Å². The van der Waals surface area contributed by atoms with Crippen molar-refractivity contribution in [3.05, 3.63) is 34.9 Å². The molecule has 0 atom stereocenters. The van der Waals surface area contributed by atoms with Crippen molar-refractivity contribution in [2.45, 2.75) is 24.6 Å². The van der Waals surface area contributed by atoms with Gasteiger partial charge in [0.05, 0.1) is 6.04 Å². The lowest BCUT2D eigenvalue weighted by Crippen LogP contribution is -2.46. The van der Waals surface area contributed by atoms with Gasteiger partial charge in [-0.15, -0.1) is 0 Å². The molecular formula is C15H19ClFN3S. The van der Waals surface area contributed by atoms with Crippen molar-refractivity contribution in [3.8, 4) is 0 Å². The molecule has 0 amide bonds.